The number of ether oxygens (including phenoxy) is 1. The summed E-state index contributed by atoms with van der Waals surface area (Å²) in [7, 11) is 0. The van der Waals surface area contributed by atoms with E-state index in [9.17, 15) is 18.0 Å². The molecule has 3 aromatic rings. The van der Waals surface area contributed by atoms with E-state index in [2.05, 4.69) is 5.32 Å². The summed E-state index contributed by atoms with van der Waals surface area (Å²) >= 11 is 1.79. The largest absolute Gasteiger partial charge is 0.484 e. The predicted molar refractivity (Wildman–Crippen MR) is 102 cm³/mol. The molecule has 0 aliphatic heterocycles. The molecule has 0 heterocycles. The molecule has 0 aliphatic carbocycles. The van der Waals surface area contributed by atoms with Crippen molar-refractivity contribution < 1.29 is 22.7 Å². The molecule has 1 N–H and O–H groups in total. The van der Waals surface area contributed by atoms with Crippen LogP contribution in [0.4, 0.5) is 18.9 Å². The first-order valence-corrected chi connectivity index (χ1v) is 8.69. The van der Waals surface area contributed by atoms with Crippen molar-refractivity contribution in [2.24, 2.45) is 0 Å². The molecular formula is C19H13F3INO2. The SMILES string of the molecule is O=C(COc1ccc2ccccc2c1)Nc1ccc(I)cc1C(F)(F)F. The molecular weight excluding hydrogens is 458 g/mol. The van der Waals surface area contributed by atoms with Crippen LogP contribution < -0.4 is 10.1 Å². The van der Waals surface area contributed by atoms with E-state index in [0.29, 0.717) is 9.32 Å². The predicted octanol–water partition coefficient (Wildman–Crippen LogP) is 5.48. The van der Waals surface area contributed by atoms with Crippen LogP contribution in [-0.4, -0.2) is 12.5 Å². The fourth-order valence-electron chi connectivity index (χ4n) is 2.45. The molecule has 0 saturated carbocycles. The van der Waals surface area contributed by atoms with Crippen LogP contribution in [0.25, 0.3) is 10.8 Å². The van der Waals surface area contributed by atoms with Crippen LogP contribution in [0.5, 0.6) is 5.75 Å². The van der Waals surface area contributed by atoms with Crippen LogP contribution in [0.15, 0.2) is 60.7 Å². The fourth-order valence-corrected chi connectivity index (χ4v) is 2.94. The van der Waals surface area contributed by atoms with Gasteiger partial charge in [-0.1, -0.05) is 30.3 Å². The van der Waals surface area contributed by atoms with Gasteiger partial charge in [0.2, 0.25) is 0 Å². The molecule has 7 heteroatoms. The number of rotatable bonds is 4. The molecule has 134 valence electrons. The Hall–Kier alpha value is -2.29. The highest BCUT2D eigenvalue weighted by molar-refractivity contribution is 14.1. The molecule has 0 saturated heterocycles. The average Bonchev–Trinajstić information content (AvgIpc) is 2.60. The lowest BCUT2D eigenvalue weighted by molar-refractivity contribution is -0.137. The summed E-state index contributed by atoms with van der Waals surface area (Å²) < 4.78 is 45.1. The molecule has 1 amide bonds. The van der Waals surface area contributed by atoms with Gasteiger partial charge in [-0.3, -0.25) is 4.79 Å². The summed E-state index contributed by atoms with van der Waals surface area (Å²) in [6, 6.07) is 16.7. The van der Waals surface area contributed by atoms with Crippen molar-refractivity contribution in [3.05, 3.63) is 69.8 Å². The molecule has 0 unspecified atom stereocenters. The fraction of sp³-hybridized carbons (Fsp3) is 0.105. The Bertz CT molecular complexity index is 957. The van der Waals surface area contributed by atoms with Gasteiger partial charge in [-0.25, -0.2) is 0 Å². The molecule has 0 bridgehead atoms. The van der Waals surface area contributed by atoms with Gasteiger partial charge in [0.1, 0.15) is 5.75 Å². The number of carbonyl (C=O) groups is 1. The third-order valence-electron chi connectivity index (χ3n) is 3.65. The quantitative estimate of drug-likeness (QED) is 0.512. The number of alkyl halides is 3. The van der Waals surface area contributed by atoms with E-state index in [0.717, 1.165) is 16.8 Å². The van der Waals surface area contributed by atoms with Gasteiger partial charge in [0.15, 0.2) is 6.61 Å². The van der Waals surface area contributed by atoms with Crippen LogP contribution in [0.1, 0.15) is 5.56 Å². The molecule has 0 fully saturated rings. The Labute approximate surface area is 161 Å². The van der Waals surface area contributed by atoms with E-state index in [1.54, 1.807) is 34.7 Å². The van der Waals surface area contributed by atoms with E-state index in [1.807, 2.05) is 30.3 Å². The zero-order valence-electron chi connectivity index (χ0n) is 13.3. The normalized spacial score (nSPS) is 11.4. The minimum atomic E-state index is -4.55. The second kappa shape index (κ2) is 7.53. The maximum atomic E-state index is 13.1. The highest BCUT2D eigenvalue weighted by atomic mass is 127. The standard InChI is InChI=1S/C19H13F3INO2/c20-19(21,22)16-10-14(23)6-8-17(16)24-18(25)11-26-15-7-5-12-3-1-2-4-13(12)9-15/h1-10H,11H2,(H,24,25). The van der Waals surface area contributed by atoms with Gasteiger partial charge >= 0.3 is 6.18 Å². The number of hydrogen-bond acceptors (Lipinski definition) is 2. The van der Waals surface area contributed by atoms with Crippen molar-refractivity contribution in [3.8, 4) is 5.75 Å². The van der Waals surface area contributed by atoms with E-state index in [1.165, 1.54) is 12.1 Å². The second-order valence-corrected chi connectivity index (χ2v) is 6.78. The lowest BCUT2D eigenvalue weighted by Crippen LogP contribution is -2.22. The van der Waals surface area contributed by atoms with Crippen LogP contribution in [-0.2, 0) is 11.0 Å². The van der Waals surface area contributed by atoms with Gasteiger partial charge in [-0.05, 0) is 63.7 Å². The van der Waals surface area contributed by atoms with E-state index < -0.39 is 17.6 Å². The highest BCUT2D eigenvalue weighted by Crippen LogP contribution is 2.35. The number of halogens is 4. The van der Waals surface area contributed by atoms with Crippen molar-refractivity contribution in [1.82, 2.24) is 0 Å². The molecule has 0 aliphatic rings. The van der Waals surface area contributed by atoms with Crippen LogP contribution >= 0.6 is 22.6 Å². The molecule has 3 rings (SSSR count). The number of amides is 1. The maximum Gasteiger partial charge on any atom is 0.418 e. The van der Waals surface area contributed by atoms with Crippen LogP contribution in [0.2, 0.25) is 0 Å². The first-order valence-electron chi connectivity index (χ1n) is 7.61. The van der Waals surface area contributed by atoms with Crippen molar-refractivity contribution >= 4 is 45.0 Å². The van der Waals surface area contributed by atoms with Gasteiger partial charge in [0.05, 0.1) is 11.3 Å². The van der Waals surface area contributed by atoms with Gasteiger partial charge in [0.25, 0.3) is 5.91 Å². The molecule has 0 aromatic heterocycles. The highest BCUT2D eigenvalue weighted by Gasteiger charge is 2.34. The average molecular weight is 471 g/mol. The molecule has 0 spiro atoms. The molecule has 0 radical (unpaired) electrons. The first kappa shape index (κ1) is 18.5. The van der Waals surface area contributed by atoms with Crippen molar-refractivity contribution in [2.45, 2.75) is 6.18 Å². The summed E-state index contributed by atoms with van der Waals surface area (Å²) in [5.74, 6) is -0.192. The molecule has 26 heavy (non-hydrogen) atoms. The van der Waals surface area contributed by atoms with Crippen molar-refractivity contribution in [2.75, 3.05) is 11.9 Å². The van der Waals surface area contributed by atoms with Crippen LogP contribution in [0.3, 0.4) is 0 Å². The minimum Gasteiger partial charge on any atom is -0.484 e. The minimum absolute atomic E-state index is 0.287. The monoisotopic (exact) mass is 471 g/mol. The van der Waals surface area contributed by atoms with E-state index in [-0.39, 0.29) is 12.3 Å². The Balaban J connectivity index is 1.69. The summed E-state index contributed by atoms with van der Waals surface area (Å²) in [6.45, 7) is -0.387. The van der Waals surface area contributed by atoms with Gasteiger partial charge in [-0.2, -0.15) is 13.2 Å². The zero-order chi connectivity index (χ0) is 18.7. The Morgan fingerprint density at radius 3 is 2.46 bits per heavy atom. The van der Waals surface area contributed by atoms with Gasteiger partial charge < -0.3 is 10.1 Å². The van der Waals surface area contributed by atoms with Crippen molar-refractivity contribution in [1.29, 1.82) is 0 Å². The Morgan fingerprint density at radius 1 is 1.00 bits per heavy atom. The topological polar surface area (TPSA) is 38.3 Å². The smallest absolute Gasteiger partial charge is 0.418 e. The second-order valence-electron chi connectivity index (χ2n) is 5.53. The Morgan fingerprint density at radius 2 is 1.73 bits per heavy atom. The maximum absolute atomic E-state index is 13.1. The first-order chi connectivity index (χ1) is 12.3. The number of hydrogen-bond donors (Lipinski definition) is 1. The molecule has 3 nitrogen and oxygen atoms in total. The lowest BCUT2D eigenvalue weighted by Gasteiger charge is -2.14. The number of benzene rings is 3. The summed E-state index contributed by atoms with van der Waals surface area (Å²) in [5, 5.41) is 4.24. The third-order valence-corrected chi connectivity index (χ3v) is 4.32. The van der Waals surface area contributed by atoms with Crippen LogP contribution in [0, 0.1) is 3.57 Å². The number of anilines is 1. The Kier molecular flexibility index (Phi) is 5.36. The zero-order valence-corrected chi connectivity index (χ0v) is 15.5. The number of nitrogens with one attached hydrogen (secondary N) is 1. The number of fused-ring (bicyclic) bond motifs is 1. The molecule has 0 atom stereocenters. The van der Waals surface area contributed by atoms with E-state index >= 15 is 0 Å². The summed E-state index contributed by atoms with van der Waals surface area (Å²) in [6.07, 6.45) is -4.55. The van der Waals surface area contributed by atoms with E-state index in [4.69, 9.17) is 4.74 Å². The third kappa shape index (κ3) is 4.46. The summed E-state index contributed by atoms with van der Waals surface area (Å²) in [4.78, 5) is 12.0. The molecule has 3 aromatic carbocycles. The van der Waals surface area contributed by atoms with Gasteiger partial charge in [-0.15, -0.1) is 0 Å². The van der Waals surface area contributed by atoms with Gasteiger partial charge in [0, 0.05) is 3.57 Å². The van der Waals surface area contributed by atoms with Crippen molar-refractivity contribution in [3.63, 3.8) is 0 Å². The lowest BCUT2D eigenvalue weighted by atomic mass is 10.1. The number of carbonyl (C=O) groups excluding carboxylic acids is 1. The summed E-state index contributed by atoms with van der Waals surface area (Å²) in [5.41, 5.74) is -1.17.